The Bertz CT molecular complexity index is 1020. The zero-order valence-corrected chi connectivity index (χ0v) is 16.6. The van der Waals surface area contributed by atoms with Gasteiger partial charge in [0.05, 0.1) is 23.0 Å². The van der Waals surface area contributed by atoms with Crippen molar-refractivity contribution in [1.82, 2.24) is 0 Å². The summed E-state index contributed by atoms with van der Waals surface area (Å²) >= 11 is 0. The molecule has 2 aromatic carbocycles. The molecular formula is C23H23F3N2O. The van der Waals surface area contributed by atoms with Gasteiger partial charge in [-0.3, -0.25) is 4.79 Å². The number of aryl methyl sites for hydroxylation is 1. The van der Waals surface area contributed by atoms with E-state index in [1.54, 1.807) is 6.07 Å². The second-order valence-electron chi connectivity index (χ2n) is 8.67. The number of fused-ring (bicyclic) bond motifs is 1. The summed E-state index contributed by atoms with van der Waals surface area (Å²) in [4.78, 5) is 13.1. The number of alkyl halides is 3. The molecule has 1 unspecified atom stereocenters. The SMILES string of the molecule is Cc1ccc2c(c1)NC(c1ccccc1C(F)(F)F)C1=C(CC(C)(C)CC1=O)N2. The average molecular weight is 400 g/mol. The first-order chi connectivity index (χ1) is 13.5. The Morgan fingerprint density at radius 2 is 1.76 bits per heavy atom. The number of carbonyl (C=O) groups excluding carboxylic acids is 1. The minimum absolute atomic E-state index is 0.0664. The molecule has 2 N–H and O–H groups in total. The molecule has 1 aliphatic carbocycles. The van der Waals surface area contributed by atoms with Gasteiger partial charge in [-0.1, -0.05) is 38.1 Å². The number of hydrogen-bond donors (Lipinski definition) is 2. The number of halogens is 3. The van der Waals surface area contributed by atoms with Crippen LogP contribution in [-0.4, -0.2) is 5.78 Å². The highest BCUT2D eigenvalue weighted by molar-refractivity contribution is 6.01. The van der Waals surface area contributed by atoms with E-state index in [4.69, 9.17) is 0 Å². The monoisotopic (exact) mass is 400 g/mol. The molecule has 152 valence electrons. The lowest BCUT2D eigenvalue weighted by Crippen LogP contribution is -2.32. The third kappa shape index (κ3) is 3.63. The van der Waals surface area contributed by atoms with Crippen molar-refractivity contribution in [1.29, 1.82) is 0 Å². The minimum Gasteiger partial charge on any atom is -0.372 e. The molecule has 0 bridgehead atoms. The van der Waals surface area contributed by atoms with Crippen molar-refractivity contribution >= 4 is 17.2 Å². The molecule has 0 fully saturated rings. The van der Waals surface area contributed by atoms with Gasteiger partial charge in [0.15, 0.2) is 5.78 Å². The van der Waals surface area contributed by atoms with Gasteiger partial charge in [0.2, 0.25) is 0 Å². The first-order valence-corrected chi connectivity index (χ1v) is 9.62. The van der Waals surface area contributed by atoms with E-state index < -0.39 is 17.8 Å². The first-order valence-electron chi connectivity index (χ1n) is 9.62. The number of carbonyl (C=O) groups is 1. The average Bonchev–Trinajstić information content (AvgIpc) is 2.76. The van der Waals surface area contributed by atoms with Gasteiger partial charge in [-0.15, -0.1) is 0 Å². The summed E-state index contributed by atoms with van der Waals surface area (Å²) in [6.45, 7) is 5.93. The molecule has 1 heterocycles. The molecule has 3 nitrogen and oxygen atoms in total. The number of anilines is 2. The summed E-state index contributed by atoms with van der Waals surface area (Å²) < 4.78 is 41.3. The molecule has 2 aliphatic rings. The van der Waals surface area contributed by atoms with Crippen molar-refractivity contribution in [2.45, 2.75) is 45.8 Å². The number of benzene rings is 2. The van der Waals surface area contributed by atoms with E-state index >= 15 is 0 Å². The van der Waals surface area contributed by atoms with Gasteiger partial charge in [0.1, 0.15) is 0 Å². The van der Waals surface area contributed by atoms with Gasteiger partial charge in [-0.25, -0.2) is 0 Å². The van der Waals surface area contributed by atoms with Gasteiger partial charge in [0, 0.05) is 17.7 Å². The van der Waals surface area contributed by atoms with Crippen LogP contribution in [0.5, 0.6) is 0 Å². The number of nitrogens with one attached hydrogen (secondary N) is 2. The highest BCUT2D eigenvalue weighted by atomic mass is 19.4. The fourth-order valence-corrected chi connectivity index (χ4v) is 4.30. The largest absolute Gasteiger partial charge is 0.416 e. The van der Waals surface area contributed by atoms with Crippen LogP contribution in [0.2, 0.25) is 0 Å². The zero-order chi connectivity index (χ0) is 21.0. The standard InChI is InChI=1S/C23H23F3N2O/c1-13-8-9-16-17(10-13)28-21(14-6-4-5-7-15(14)23(24,25)26)20-18(27-16)11-22(2,3)12-19(20)29/h4-10,21,27-28H,11-12H2,1-3H3. The normalized spacial score (nSPS) is 20.9. The Hall–Kier alpha value is -2.76. The molecule has 1 atom stereocenters. The molecule has 2 aromatic rings. The van der Waals surface area contributed by atoms with Crippen molar-refractivity contribution in [3.63, 3.8) is 0 Å². The van der Waals surface area contributed by atoms with Crippen LogP contribution in [0, 0.1) is 12.3 Å². The third-order valence-corrected chi connectivity index (χ3v) is 5.55. The second kappa shape index (κ2) is 6.65. The van der Waals surface area contributed by atoms with Crippen LogP contribution in [0.15, 0.2) is 53.7 Å². The van der Waals surface area contributed by atoms with Crippen molar-refractivity contribution in [3.8, 4) is 0 Å². The molecule has 0 amide bonds. The maximum absolute atomic E-state index is 13.8. The first kappa shape index (κ1) is 19.6. The predicted molar refractivity (Wildman–Crippen MR) is 108 cm³/mol. The van der Waals surface area contributed by atoms with E-state index in [1.807, 2.05) is 39.0 Å². The van der Waals surface area contributed by atoms with Crippen LogP contribution in [0.1, 0.15) is 49.4 Å². The Morgan fingerprint density at radius 1 is 1.03 bits per heavy atom. The van der Waals surface area contributed by atoms with E-state index in [2.05, 4.69) is 10.6 Å². The number of rotatable bonds is 1. The molecule has 0 radical (unpaired) electrons. The Labute approximate surface area is 168 Å². The Kier molecular flexibility index (Phi) is 4.48. The predicted octanol–water partition coefficient (Wildman–Crippen LogP) is 6.24. The van der Waals surface area contributed by atoms with Crippen LogP contribution >= 0.6 is 0 Å². The maximum atomic E-state index is 13.8. The van der Waals surface area contributed by atoms with Crippen molar-refractivity contribution in [3.05, 3.63) is 70.4 Å². The van der Waals surface area contributed by atoms with Crippen LogP contribution in [0.4, 0.5) is 24.5 Å². The molecule has 0 aromatic heterocycles. The number of allylic oxidation sites excluding steroid dienone is 1. The number of ketones is 1. The molecular weight excluding hydrogens is 377 g/mol. The van der Waals surface area contributed by atoms with Gasteiger partial charge in [-0.05, 0) is 48.1 Å². The molecule has 6 heteroatoms. The second-order valence-corrected chi connectivity index (χ2v) is 8.67. The Morgan fingerprint density at radius 3 is 2.48 bits per heavy atom. The fourth-order valence-electron chi connectivity index (χ4n) is 4.30. The van der Waals surface area contributed by atoms with Crippen molar-refractivity contribution in [2.75, 3.05) is 10.6 Å². The van der Waals surface area contributed by atoms with E-state index in [1.165, 1.54) is 12.1 Å². The third-order valence-electron chi connectivity index (χ3n) is 5.55. The van der Waals surface area contributed by atoms with E-state index in [0.717, 1.165) is 17.3 Å². The number of Topliss-reactive ketones (excluding diaryl/α,β-unsaturated/α-hetero) is 1. The van der Waals surface area contributed by atoms with Gasteiger partial charge in [-0.2, -0.15) is 13.2 Å². The van der Waals surface area contributed by atoms with Gasteiger partial charge in [0.25, 0.3) is 0 Å². The van der Waals surface area contributed by atoms with Crippen LogP contribution < -0.4 is 10.6 Å². The smallest absolute Gasteiger partial charge is 0.372 e. The summed E-state index contributed by atoms with van der Waals surface area (Å²) in [6, 6.07) is 10.3. The maximum Gasteiger partial charge on any atom is 0.416 e. The highest BCUT2D eigenvalue weighted by Gasteiger charge is 2.42. The quantitative estimate of drug-likeness (QED) is 0.596. The van der Waals surface area contributed by atoms with Crippen LogP contribution in [-0.2, 0) is 11.0 Å². The topological polar surface area (TPSA) is 41.1 Å². The highest BCUT2D eigenvalue weighted by Crippen LogP contribution is 2.47. The summed E-state index contributed by atoms with van der Waals surface area (Å²) in [6.07, 6.45) is -3.62. The van der Waals surface area contributed by atoms with Crippen LogP contribution in [0.3, 0.4) is 0 Å². The van der Waals surface area contributed by atoms with E-state index in [9.17, 15) is 18.0 Å². The number of hydrogen-bond acceptors (Lipinski definition) is 3. The molecule has 0 saturated heterocycles. The van der Waals surface area contributed by atoms with Crippen LogP contribution in [0.25, 0.3) is 0 Å². The van der Waals surface area contributed by atoms with E-state index in [0.29, 0.717) is 29.8 Å². The molecule has 4 rings (SSSR count). The lowest BCUT2D eigenvalue weighted by atomic mass is 9.73. The molecule has 29 heavy (non-hydrogen) atoms. The summed E-state index contributed by atoms with van der Waals surface area (Å²) in [5.74, 6) is -0.122. The van der Waals surface area contributed by atoms with Crippen molar-refractivity contribution in [2.24, 2.45) is 5.41 Å². The lowest BCUT2D eigenvalue weighted by molar-refractivity contribution is -0.138. The molecule has 0 saturated carbocycles. The van der Waals surface area contributed by atoms with E-state index in [-0.39, 0.29) is 16.8 Å². The lowest BCUT2D eigenvalue weighted by Gasteiger charge is -2.34. The summed E-state index contributed by atoms with van der Waals surface area (Å²) in [5, 5.41) is 6.59. The zero-order valence-electron chi connectivity index (χ0n) is 16.6. The summed E-state index contributed by atoms with van der Waals surface area (Å²) in [7, 11) is 0. The Balaban J connectivity index is 1.95. The minimum atomic E-state index is -4.51. The summed E-state index contributed by atoms with van der Waals surface area (Å²) in [5.41, 5.74) is 2.61. The van der Waals surface area contributed by atoms with Crippen molar-refractivity contribution < 1.29 is 18.0 Å². The molecule has 1 aliphatic heterocycles. The van der Waals surface area contributed by atoms with Gasteiger partial charge >= 0.3 is 6.18 Å². The van der Waals surface area contributed by atoms with Gasteiger partial charge < -0.3 is 10.6 Å². The fraction of sp³-hybridized carbons (Fsp3) is 0.348. The molecule has 0 spiro atoms.